The van der Waals surface area contributed by atoms with E-state index in [1.807, 2.05) is 26.2 Å². The van der Waals surface area contributed by atoms with Gasteiger partial charge in [0.2, 0.25) is 0 Å². The van der Waals surface area contributed by atoms with Gasteiger partial charge in [0.1, 0.15) is 5.82 Å². The fourth-order valence-corrected chi connectivity index (χ4v) is 1.04. The smallest absolute Gasteiger partial charge is 0.130 e. The van der Waals surface area contributed by atoms with E-state index in [1.165, 1.54) is 0 Å². The molecule has 0 aromatic carbocycles. The standard InChI is InChI=1S/C12H16N2/c1-6-12(4,5)10-7-13-11(9(2)3)14-8-10/h1,7-9H,2-5H3. The summed E-state index contributed by atoms with van der Waals surface area (Å²) in [4.78, 5) is 8.57. The molecule has 1 aromatic rings. The van der Waals surface area contributed by atoms with Crippen molar-refractivity contribution < 1.29 is 0 Å². The van der Waals surface area contributed by atoms with Crippen molar-refractivity contribution in [3.05, 3.63) is 23.8 Å². The molecule has 0 saturated carbocycles. The van der Waals surface area contributed by atoms with Crippen LogP contribution in [-0.4, -0.2) is 9.97 Å². The Morgan fingerprint density at radius 2 is 1.79 bits per heavy atom. The molecule has 1 rings (SSSR count). The normalized spacial score (nSPS) is 11.4. The molecule has 0 N–H and O–H groups in total. The van der Waals surface area contributed by atoms with E-state index in [2.05, 4.69) is 29.7 Å². The van der Waals surface area contributed by atoms with Crippen LogP contribution in [0.5, 0.6) is 0 Å². The van der Waals surface area contributed by atoms with Gasteiger partial charge in [0.25, 0.3) is 0 Å². The van der Waals surface area contributed by atoms with E-state index in [9.17, 15) is 0 Å². The maximum absolute atomic E-state index is 5.43. The Hall–Kier alpha value is -1.36. The van der Waals surface area contributed by atoms with E-state index in [1.54, 1.807) is 0 Å². The Bertz CT molecular complexity index is 342. The average Bonchev–Trinajstić information content (AvgIpc) is 2.18. The van der Waals surface area contributed by atoms with Crippen molar-refractivity contribution in [1.29, 1.82) is 0 Å². The molecule has 0 spiro atoms. The van der Waals surface area contributed by atoms with Crippen molar-refractivity contribution in [2.24, 2.45) is 0 Å². The van der Waals surface area contributed by atoms with E-state index in [-0.39, 0.29) is 5.41 Å². The van der Waals surface area contributed by atoms with Gasteiger partial charge in [-0.3, -0.25) is 0 Å². The van der Waals surface area contributed by atoms with Gasteiger partial charge in [-0.1, -0.05) is 19.8 Å². The van der Waals surface area contributed by atoms with E-state index in [0.29, 0.717) is 5.92 Å². The third kappa shape index (κ3) is 2.11. The van der Waals surface area contributed by atoms with Crippen LogP contribution >= 0.6 is 0 Å². The van der Waals surface area contributed by atoms with Crippen LogP contribution in [0.1, 0.15) is 45.0 Å². The maximum atomic E-state index is 5.43. The molecular formula is C12H16N2. The number of hydrogen-bond acceptors (Lipinski definition) is 2. The van der Waals surface area contributed by atoms with Crippen LogP contribution in [0.4, 0.5) is 0 Å². The van der Waals surface area contributed by atoms with Gasteiger partial charge in [0.05, 0.1) is 5.41 Å². The fourth-order valence-electron chi connectivity index (χ4n) is 1.04. The van der Waals surface area contributed by atoms with Gasteiger partial charge in [-0.2, -0.15) is 0 Å². The second-order valence-electron chi connectivity index (χ2n) is 4.25. The largest absolute Gasteiger partial charge is 0.241 e. The van der Waals surface area contributed by atoms with Crippen molar-refractivity contribution in [3.8, 4) is 12.3 Å². The third-order valence-electron chi connectivity index (χ3n) is 2.27. The predicted octanol–water partition coefficient (Wildman–Crippen LogP) is 2.51. The molecule has 0 fully saturated rings. The van der Waals surface area contributed by atoms with E-state index < -0.39 is 0 Å². The summed E-state index contributed by atoms with van der Waals surface area (Å²) in [6.07, 6.45) is 9.07. The molecule has 1 heterocycles. The van der Waals surface area contributed by atoms with Crippen molar-refractivity contribution in [2.45, 2.75) is 39.0 Å². The molecule has 0 aliphatic rings. The van der Waals surface area contributed by atoms with Gasteiger partial charge < -0.3 is 0 Å². The molecule has 0 amide bonds. The summed E-state index contributed by atoms with van der Waals surface area (Å²) < 4.78 is 0. The lowest BCUT2D eigenvalue weighted by molar-refractivity contribution is 0.676. The van der Waals surface area contributed by atoms with E-state index in [0.717, 1.165) is 11.4 Å². The number of nitrogens with zero attached hydrogens (tertiary/aromatic N) is 2. The highest BCUT2D eigenvalue weighted by atomic mass is 14.9. The molecule has 14 heavy (non-hydrogen) atoms. The van der Waals surface area contributed by atoms with Crippen molar-refractivity contribution >= 4 is 0 Å². The monoisotopic (exact) mass is 188 g/mol. The topological polar surface area (TPSA) is 25.8 Å². The molecule has 0 radical (unpaired) electrons. The number of terminal acetylenes is 1. The van der Waals surface area contributed by atoms with Crippen LogP contribution in [0, 0.1) is 12.3 Å². The molecule has 0 unspecified atom stereocenters. The SMILES string of the molecule is C#CC(C)(C)c1cnc(C(C)C)nc1. The van der Waals surface area contributed by atoms with Gasteiger partial charge in [-0.05, 0) is 13.8 Å². The molecule has 74 valence electrons. The summed E-state index contributed by atoms with van der Waals surface area (Å²) in [5, 5.41) is 0. The molecule has 0 aliphatic heterocycles. The van der Waals surface area contributed by atoms with Crippen molar-refractivity contribution in [3.63, 3.8) is 0 Å². The maximum Gasteiger partial charge on any atom is 0.130 e. The van der Waals surface area contributed by atoms with Gasteiger partial charge in [-0.25, -0.2) is 9.97 Å². The fraction of sp³-hybridized carbons (Fsp3) is 0.500. The number of hydrogen-bond donors (Lipinski definition) is 0. The average molecular weight is 188 g/mol. The molecule has 0 aliphatic carbocycles. The van der Waals surface area contributed by atoms with E-state index >= 15 is 0 Å². The summed E-state index contributed by atoms with van der Waals surface area (Å²) >= 11 is 0. The first-order chi connectivity index (χ1) is 6.47. The summed E-state index contributed by atoms with van der Waals surface area (Å²) in [5.41, 5.74) is 0.708. The minimum absolute atomic E-state index is 0.282. The summed E-state index contributed by atoms with van der Waals surface area (Å²) in [7, 11) is 0. The molecule has 2 heteroatoms. The van der Waals surface area contributed by atoms with Crippen LogP contribution in [0.2, 0.25) is 0 Å². The Labute approximate surface area is 85.8 Å². The second-order valence-corrected chi connectivity index (χ2v) is 4.25. The van der Waals surface area contributed by atoms with Gasteiger partial charge in [0.15, 0.2) is 0 Å². The van der Waals surface area contributed by atoms with Gasteiger partial charge >= 0.3 is 0 Å². The highest BCUT2D eigenvalue weighted by Gasteiger charge is 2.18. The predicted molar refractivity (Wildman–Crippen MR) is 58.0 cm³/mol. The summed E-state index contributed by atoms with van der Waals surface area (Å²) in [6, 6.07) is 0. The third-order valence-corrected chi connectivity index (χ3v) is 2.27. The van der Waals surface area contributed by atoms with Gasteiger partial charge in [0, 0.05) is 23.9 Å². The zero-order valence-corrected chi connectivity index (χ0v) is 9.20. The zero-order chi connectivity index (χ0) is 10.8. The van der Waals surface area contributed by atoms with Crippen LogP contribution < -0.4 is 0 Å². The first-order valence-corrected chi connectivity index (χ1v) is 4.77. The lowest BCUT2D eigenvalue weighted by Crippen LogP contribution is -2.15. The lowest BCUT2D eigenvalue weighted by atomic mass is 9.88. The van der Waals surface area contributed by atoms with Crippen LogP contribution in [0.15, 0.2) is 12.4 Å². The van der Waals surface area contributed by atoms with Gasteiger partial charge in [-0.15, -0.1) is 6.42 Å². The Morgan fingerprint density at radius 3 is 2.14 bits per heavy atom. The van der Waals surface area contributed by atoms with Crippen LogP contribution in [0.3, 0.4) is 0 Å². The van der Waals surface area contributed by atoms with Crippen LogP contribution in [-0.2, 0) is 5.41 Å². The molecule has 0 bridgehead atoms. The number of rotatable bonds is 2. The first kappa shape index (κ1) is 10.7. The Kier molecular flexibility index (Phi) is 2.90. The number of aromatic nitrogens is 2. The highest BCUT2D eigenvalue weighted by molar-refractivity contribution is 5.27. The highest BCUT2D eigenvalue weighted by Crippen LogP contribution is 2.21. The van der Waals surface area contributed by atoms with Crippen molar-refractivity contribution in [1.82, 2.24) is 9.97 Å². The molecule has 0 saturated heterocycles. The minimum Gasteiger partial charge on any atom is -0.241 e. The Morgan fingerprint density at radius 1 is 1.29 bits per heavy atom. The van der Waals surface area contributed by atoms with E-state index in [4.69, 9.17) is 6.42 Å². The first-order valence-electron chi connectivity index (χ1n) is 4.77. The van der Waals surface area contributed by atoms with Crippen LogP contribution in [0.25, 0.3) is 0 Å². The summed E-state index contributed by atoms with van der Waals surface area (Å²) in [6.45, 7) is 8.12. The molecule has 2 nitrogen and oxygen atoms in total. The lowest BCUT2D eigenvalue weighted by Gasteiger charge is -2.17. The minimum atomic E-state index is -0.282. The molecule has 1 aromatic heterocycles. The zero-order valence-electron chi connectivity index (χ0n) is 9.20. The molecule has 0 atom stereocenters. The Balaban J connectivity index is 3.01. The second kappa shape index (κ2) is 3.79. The summed E-state index contributed by atoms with van der Waals surface area (Å²) in [5.74, 6) is 3.95. The molecular weight excluding hydrogens is 172 g/mol. The van der Waals surface area contributed by atoms with Crippen molar-refractivity contribution in [2.75, 3.05) is 0 Å². The quantitative estimate of drug-likeness (QED) is 0.666.